The van der Waals surface area contributed by atoms with Gasteiger partial charge in [0.05, 0.1) is 12.6 Å². The largest absolute Gasteiger partial charge is 0.487 e. The first-order valence-corrected chi connectivity index (χ1v) is 17.6. The van der Waals surface area contributed by atoms with Crippen molar-refractivity contribution in [2.24, 2.45) is 0 Å². The third-order valence-electron chi connectivity index (χ3n) is 7.62. The number of fused-ring (bicyclic) bond motifs is 1. The Labute approximate surface area is 238 Å². The third-order valence-corrected chi connectivity index (χ3v) is 9.33. The zero-order chi connectivity index (χ0) is 29.9. The maximum absolute atomic E-state index is 13.3. The van der Waals surface area contributed by atoms with E-state index in [2.05, 4.69) is 25.0 Å². The first-order valence-electron chi connectivity index (χ1n) is 13.8. The van der Waals surface area contributed by atoms with Gasteiger partial charge in [-0.3, -0.25) is 24.2 Å². The molecule has 0 saturated carbocycles. The molecule has 3 heterocycles. The summed E-state index contributed by atoms with van der Waals surface area (Å²) in [5.41, 5.74) is 1.03. The molecule has 3 atom stereocenters. The molecular formula is C27H38F2N4O7Si. The van der Waals surface area contributed by atoms with Gasteiger partial charge in [0.15, 0.2) is 0 Å². The number of amides is 4. The monoisotopic (exact) mass is 596 g/mol. The van der Waals surface area contributed by atoms with Gasteiger partial charge in [0.1, 0.15) is 24.6 Å². The number of piperidine rings is 2. The Morgan fingerprint density at radius 1 is 1.20 bits per heavy atom. The van der Waals surface area contributed by atoms with E-state index in [1.165, 1.54) is 9.80 Å². The molecule has 41 heavy (non-hydrogen) atoms. The molecule has 1 aromatic rings. The summed E-state index contributed by atoms with van der Waals surface area (Å²) in [5, 5.41) is 11.6. The van der Waals surface area contributed by atoms with Crippen LogP contribution in [0.3, 0.4) is 0 Å². The lowest BCUT2D eigenvalue weighted by molar-refractivity contribution is -0.158. The minimum atomic E-state index is -2.53. The highest BCUT2D eigenvalue weighted by Crippen LogP contribution is 2.32. The van der Waals surface area contributed by atoms with E-state index in [4.69, 9.17) is 9.47 Å². The predicted molar refractivity (Wildman–Crippen MR) is 147 cm³/mol. The molecule has 3 aliphatic heterocycles. The lowest BCUT2D eigenvalue weighted by Crippen LogP contribution is -2.56. The minimum absolute atomic E-state index is 0.109. The molecule has 3 aliphatic rings. The highest BCUT2D eigenvalue weighted by molar-refractivity contribution is 6.76. The zero-order valence-corrected chi connectivity index (χ0v) is 24.6. The summed E-state index contributed by atoms with van der Waals surface area (Å²) in [7, 11) is -1.34. The van der Waals surface area contributed by atoms with Crippen molar-refractivity contribution in [2.75, 3.05) is 33.0 Å². The Balaban J connectivity index is 1.42. The van der Waals surface area contributed by atoms with Crippen LogP contribution >= 0.6 is 0 Å². The maximum atomic E-state index is 13.3. The van der Waals surface area contributed by atoms with Crippen LogP contribution in [0.25, 0.3) is 0 Å². The van der Waals surface area contributed by atoms with Crippen LogP contribution in [0.5, 0.6) is 5.75 Å². The molecule has 2 N–H and O–H groups in total. The quantitative estimate of drug-likeness (QED) is 0.227. The van der Waals surface area contributed by atoms with Crippen molar-refractivity contribution in [3.05, 3.63) is 29.3 Å². The van der Waals surface area contributed by atoms with Crippen molar-refractivity contribution in [1.82, 2.24) is 20.0 Å². The Kier molecular flexibility index (Phi) is 9.65. The second kappa shape index (κ2) is 12.8. The summed E-state index contributed by atoms with van der Waals surface area (Å²) in [6.07, 6.45) is -3.82. The fourth-order valence-electron chi connectivity index (χ4n) is 5.38. The van der Waals surface area contributed by atoms with E-state index in [-0.39, 0.29) is 44.5 Å². The Morgan fingerprint density at radius 3 is 2.63 bits per heavy atom. The smallest absolute Gasteiger partial charge is 0.405 e. The summed E-state index contributed by atoms with van der Waals surface area (Å²) in [4.78, 5) is 54.4. The van der Waals surface area contributed by atoms with Crippen LogP contribution in [-0.2, 0) is 20.9 Å². The average molecular weight is 597 g/mol. The molecular weight excluding hydrogens is 558 g/mol. The van der Waals surface area contributed by atoms with Gasteiger partial charge < -0.3 is 24.8 Å². The van der Waals surface area contributed by atoms with Crippen molar-refractivity contribution in [2.45, 2.75) is 76.1 Å². The molecule has 0 spiro atoms. The van der Waals surface area contributed by atoms with Gasteiger partial charge in [-0.15, -0.1) is 0 Å². The molecule has 0 radical (unpaired) electrons. The lowest BCUT2D eigenvalue weighted by Gasteiger charge is -2.38. The summed E-state index contributed by atoms with van der Waals surface area (Å²) in [6.45, 7) is 7.06. The van der Waals surface area contributed by atoms with Gasteiger partial charge >= 0.3 is 6.09 Å². The number of nitrogens with one attached hydrogen (secondary N) is 1. The van der Waals surface area contributed by atoms with E-state index in [0.29, 0.717) is 36.4 Å². The van der Waals surface area contributed by atoms with Gasteiger partial charge in [0.25, 0.3) is 18.2 Å². The number of alkyl halides is 2. The Morgan fingerprint density at radius 2 is 1.95 bits per heavy atom. The van der Waals surface area contributed by atoms with E-state index in [9.17, 15) is 33.1 Å². The van der Waals surface area contributed by atoms with Gasteiger partial charge in [0, 0.05) is 46.3 Å². The summed E-state index contributed by atoms with van der Waals surface area (Å²) in [6, 6.07) is 4.33. The second-order valence-corrected chi connectivity index (χ2v) is 17.6. The van der Waals surface area contributed by atoms with Gasteiger partial charge in [-0.25, -0.2) is 13.6 Å². The lowest BCUT2D eigenvalue weighted by atomic mass is 10.0. The highest BCUT2D eigenvalue weighted by Gasteiger charge is 2.43. The SMILES string of the molecule is C[Si](C)(C)CCOCN1C(=O)CCC(N2Cc3cc(O[C@@H]4CN(CC(F)F)CC[C@H]4NC(=O)O)ccc3C2=O)C1=O. The van der Waals surface area contributed by atoms with E-state index in [0.717, 1.165) is 10.9 Å². The first-order chi connectivity index (χ1) is 19.3. The van der Waals surface area contributed by atoms with Gasteiger partial charge in [-0.05, 0) is 42.6 Å². The number of imide groups is 1. The van der Waals surface area contributed by atoms with Crippen LogP contribution in [0.4, 0.5) is 13.6 Å². The number of carbonyl (C=O) groups excluding carboxylic acids is 3. The van der Waals surface area contributed by atoms with Crippen LogP contribution in [0, 0.1) is 0 Å². The van der Waals surface area contributed by atoms with E-state index in [1.807, 2.05) is 0 Å². The molecule has 1 aromatic carbocycles. The average Bonchev–Trinajstić information content (AvgIpc) is 3.19. The highest BCUT2D eigenvalue weighted by atomic mass is 28.3. The van der Waals surface area contributed by atoms with Crippen molar-refractivity contribution in [1.29, 1.82) is 0 Å². The maximum Gasteiger partial charge on any atom is 0.405 e. The minimum Gasteiger partial charge on any atom is -0.487 e. The fraction of sp³-hybridized carbons (Fsp3) is 0.630. The number of nitrogens with zero attached hydrogens (tertiary/aromatic N) is 3. The van der Waals surface area contributed by atoms with Crippen LogP contribution in [0.2, 0.25) is 25.7 Å². The number of halogens is 2. The summed E-state index contributed by atoms with van der Waals surface area (Å²) in [5.74, 6) is -0.750. The van der Waals surface area contributed by atoms with Crippen molar-refractivity contribution in [3.63, 3.8) is 0 Å². The number of rotatable bonds is 11. The van der Waals surface area contributed by atoms with Gasteiger partial charge in [-0.1, -0.05) is 19.6 Å². The Bertz CT molecular complexity index is 1160. The summed E-state index contributed by atoms with van der Waals surface area (Å²) >= 11 is 0. The van der Waals surface area contributed by atoms with Crippen molar-refractivity contribution < 1.29 is 42.5 Å². The second-order valence-electron chi connectivity index (χ2n) is 12.0. The number of ether oxygens (including phenoxy) is 2. The third kappa shape index (κ3) is 7.80. The zero-order valence-electron chi connectivity index (χ0n) is 23.6. The predicted octanol–water partition coefficient (Wildman–Crippen LogP) is 2.83. The molecule has 4 rings (SSSR count). The van der Waals surface area contributed by atoms with Crippen LogP contribution in [0.15, 0.2) is 18.2 Å². The molecule has 0 aromatic heterocycles. The molecule has 226 valence electrons. The molecule has 4 amide bonds. The standard InChI is InChI=1S/C27H38F2N4O7Si/c1-41(2,3)11-10-39-16-33-24(34)7-6-21(26(33)36)32-13-17-12-18(4-5-19(17)25(32)35)40-22-14-31(15-23(28)29)9-8-20(22)30-27(37)38/h4-5,12,20-23,30H,6-11,13-16H2,1-3H3,(H,37,38)/t20-,21?,22-/m1/s1. The van der Waals surface area contributed by atoms with Crippen LogP contribution < -0.4 is 10.1 Å². The molecule has 11 nitrogen and oxygen atoms in total. The topological polar surface area (TPSA) is 129 Å². The molecule has 0 bridgehead atoms. The molecule has 2 saturated heterocycles. The molecule has 0 aliphatic carbocycles. The van der Waals surface area contributed by atoms with E-state index in [1.54, 1.807) is 18.2 Å². The van der Waals surface area contributed by atoms with Crippen molar-refractivity contribution in [3.8, 4) is 5.75 Å². The number of hydrogen-bond acceptors (Lipinski definition) is 7. The van der Waals surface area contributed by atoms with E-state index < -0.39 is 51.2 Å². The van der Waals surface area contributed by atoms with Crippen LogP contribution in [-0.4, -0.2) is 109 Å². The van der Waals surface area contributed by atoms with Crippen LogP contribution in [0.1, 0.15) is 35.2 Å². The van der Waals surface area contributed by atoms with E-state index >= 15 is 0 Å². The normalized spacial score (nSPS) is 23.8. The molecule has 2 fully saturated rings. The molecule has 1 unspecified atom stereocenters. The Hall–Kier alpha value is -3.10. The van der Waals surface area contributed by atoms with Crippen molar-refractivity contribution >= 4 is 31.9 Å². The van der Waals surface area contributed by atoms with Gasteiger partial charge in [0.2, 0.25) is 5.91 Å². The summed E-state index contributed by atoms with van der Waals surface area (Å²) < 4.78 is 37.7. The number of benzene rings is 1. The number of carboxylic acid groups (broad SMARTS) is 1. The number of carbonyl (C=O) groups is 4. The number of hydrogen-bond donors (Lipinski definition) is 2. The first kappa shape index (κ1) is 30.8. The molecule has 14 heteroatoms. The number of likely N-dealkylation sites (tertiary alicyclic amines) is 2. The fourth-order valence-corrected chi connectivity index (χ4v) is 6.14. The van der Waals surface area contributed by atoms with Gasteiger partial charge in [-0.2, -0.15) is 0 Å².